The number of nitrogen functional groups attached to an aromatic ring is 1. The lowest BCUT2D eigenvalue weighted by Gasteiger charge is -2.20. The Balaban J connectivity index is 1.71. The predicted octanol–water partition coefficient (Wildman–Crippen LogP) is 3.73. The first-order valence-electron chi connectivity index (χ1n) is 7.72. The number of anilines is 1. The Morgan fingerprint density at radius 3 is 2.22 bits per heavy atom. The summed E-state index contributed by atoms with van der Waals surface area (Å²) in [6.07, 6.45) is 12.0. The van der Waals surface area contributed by atoms with E-state index in [1.165, 1.54) is 69.3 Å². The summed E-state index contributed by atoms with van der Waals surface area (Å²) in [4.78, 5) is 4.99. The molecule has 0 bridgehead atoms. The van der Waals surface area contributed by atoms with Gasteiger partial charge < -0.3 is 10.3 Å². The molecule has 3 fully saturated rings. The number of rotatable bonds is 3. The molecule has 3 nitrogen and oxygen atoms in total. The molecule has 0 radical (unpaired) electrons. The summed E-state index contributed by atoms with van der Waals surface area (Å²) in [5.41, 5.74) is 7.70. The molecule has 2 N–H and O–H groups in total. The Kier molecular flexibility index (Phi) is 2.42. The molecule has 3 heteroatoms. The van der Waals surface area contributed by atoms with Gasteiger partial charge in [-0.3, -0.25) is 0 Å². The lowest BCUT2D eigenvalue weighted by atomic mass is 9.87. The van der Waals surface area contributed by atoms with Crippen LogP contribution in [0.1, 0.15) is 87.2 Å². The second-order valence-electron chi connectivity index (χ2n) is 6.45. The van der Waals surface area contributed by atoms with E-state index >= 15 is 0 Å². The molecule has 0 aromatic carbocycles. The van der Waals surface area contributed by atoms with Crippen molar-refractivity contribution < 1.29 is 0 Å². The number of nitrogens with two attached hydrogens (primary N) is 1. The van der Waals surface area contributed by atoms with E-state index in [1.54, 1.807) is 0 Å². The normalized spacial score (nSPS) is 25.6. The maximum atomic E-state index is 6.44. The van der Waals surface area contributed by atoms with Crippen LogP contribution in [0.3, 0.4) is 0 Å². The van der Waals surface area contributed by atoms with Crippen LogP contribution in [-0.2, 0) is 0 Å². The van der Waals surface area contributed by atoms with Gasteiger partial charge in [-0.25, -0.2) is 4.98 Å². The highest BCUT2D eigenvalue weighted by atomic mass is 15.2. The largest absolute Gasteiger partial charge is 0.384 e. The van der Waals surface area contributed by atoms with Crippen molar-refractivity contribution in [2.75, 3.05) is 5.73 Å². The van der Waals surface area contributed by atoms with Crippen molar-refractivity contribution in [1.29, 1.82) is 0 Å². The molecule has 0 unspecified atom stereocenters. The van der Waals surface area contributed by atoms with E-state index in [0.29, 0.717) is 12.0 Å². The summed E-state index contributed by atoms with van der Waals surface area (Å²) < 4.78 is 2.40. The summed E-state index contributed by atoms with van der Waals surface area (Å²) in [5, 5.41) is 0. The Morgan fingerprint density at radius 1 is 0.889 bits per heavy atom. The van der Waals surface area contributed by atoms with Crippen LogP contribution in [0, 0.1) is 0 Å². The van der Waals surface area contributed by atoms with Gasteiger partial charge in [0.25, 0.3) is 0 Å². The molecular weight excluding hydrogens is 222 g/mol. The van der Waals surface area contributed by atoms with Gasteiger partial charge in [0.05, 0.1) is 5.69 Å². The lowest BCUT2D eigenvalue weighted by molar-refractivity contribution is 0.438. The van der Waals surface area contributed by atoms with Gasteiger partial charge in [0.1, 0.15) is 11.6 Å². The van der Waals surface area contributed by atoms with Gasteiger partial charge in [0, 0.05) is 17.9 Å². The Morgan fingerprint density at radius 2 is 1.61 bits per heavy atom. The number of nitrogens with zero attached hydrogens (tertiary/aromatic N) is 2. The maximum absolute atomic E-state index is 6.44. The minimum absolute atomic E-state index is 0.649. The molecule has 1 aromatic heterocycles. The van der Waals surface area contributed by atoms with Crippen LogP contribution < -0.4 is 5.73 Å². The highest BCUT2D eigenvalue weighted by Gasteiger charge is 2.37. The summed E-state index contributed by atoms with van der Waals surface area (Å²) in [5.74, 6) is 3.73. The zero-order valence-corrected chi connectivity index (χ0v) is 11.1. The third-order valence-electron chi connectivity index (χ3n) is 4.85. The van der Waals surface area contributed by atoms with E-state index < -0.39 is 0 Å². The van der Waals surface area contributed by atoms with Gasteiger partial charge in [-0.15, -0.1) is 0 Å². The average Bonchev–Trinajstić information content (AvgIpc) is 3.29. The minimum atomic E-state index is 0.649. The zero-order chi connectivity index (χ0) is 12.1. The number of imidazole rings is 1. The van der Waals surface area contributed by atoms with Gasteiger partial charge in [-0.05, 0) is 38.5 Å². The summed E-state index contributed by atoms with van der Waals surface area (Å²) >= 11 is 0. The Hall–Kier alpha value is -0.990. The van der Waals surface area contributed by atoms with Crippen LogP contribution in [0.15, 0.2) is 0 Å². The molecule has 0 aliphatic heterocycles. The fourth-order valence-corrected chi connectivity index (χ4v) is 3.50. The first kappa shape index (κ1) is 10.9. The highest BCUT2D eigenvalue weighted by Crippen LogP contribution is 2.48. The van der Waals surface area contributed by atoms with Crippen molar-refractivity contribution in [3.05, 3.63) is 11.5 Å². The molecule has 3 aliphatic carbocycles. The van der Waals surface area contributed by atoms with Crippen LogP contribution in [0.5, 0.6) is 0 Å². The van der Waals surface area contributed by atoms with E-state index in [0.717, 1.165) is 11.7 Å². The molecule has 1 heterocycles. The van der Waals surface area contributed by atoms with Crippen molar-refractivity contribution in [3.8, 4) is 0 Å². The van der Waals surface area contributed by atoms with Crippen LogP contribution in [0.25, 0.3) is 0 Å². The molecule has 0 atom stereocenters. The van der Waals surface area contributed by atoms with Gasteiger partial charge >= 0.3 is 0 Å². The van der Waals surface area contributed by atoms with Crippen LogP contribution in [0.2, 0.25) is 0 Å². The van der Waals surface area contributed by atoms with Crippen molar-refractivity contribution in [2.45, 2.75) is 75.7 Å². The molecular formula is C15H23N3. The van der Waals surface area contributed by atoms with Crippen LogP contribution in [0.4, 0.5) is 5.82 Å². The summed E-state index contributed by atoms with van der Waals surface area (Å²) in [6, 6.07) is 0.686. The topological polar surface area (TPSA) is 43.8 Å². The number of hydrogen-bond acceptors (Lipinski definition) is 2. The van der Waals surface area contributed by atoms with Crippen molar-refractivity contribution >= 4 is 5.82 Å². The van der Waals surface area contributed by atoms with Gasteiger partial charge in [0.2, 0.25) is 0 Å². The van der Waals surface area contributed by atoms with Gasteiger partial charge in [0.15, 0.2) is 0 Å². The fraction of sp³-hybridized carbons (Fsp3) is 0.800. The smallest absolute Gasteiger partial charge is 0.127 e. The number of hydrogen-bond donors (Lipinski definition) is 1. The van der Waals surface area contributed by atoms with Crippen molar-refractivity contribution in [3.63, 3.8) is 0 Å². The first-order valence-corrected chi connectivity index (χ1v) is 7.72. The fourth-order valence-electron chi connectivity index (χ4n) is 3.50. The first-order chi connectivity index (χ1) is 8.84. The third-order valence-corrected chi connectivity index (χ3v) is 4.85. The third kappa shape index (κ3) is 1.75. The average molecular weight is 245 g/mol. The zero-order valence-electron chi connectivity index (χ0n) is 11.1. The van der Waals surface area contributed by atoms with Gasteiger partial charge in [-0.1, -0.05) is 19.3 Å². The second-order valence-corrected chi connectivity index (χ2v) is 6.45. The van der Waals surface area contributed by atoms with E-state index in [-0.39, 0.29) is 0 Å². The van der Waals surface area contributed by atoms with E-state index in [9.17, 15) is 0 Å². The standard InChI is InChI=1S/C15H23N3/c16-14-13(10-4-2-1-3-5-10)17-15(11-6-7-11)18(14)12-8-9-12/h10-12H,1-9,16H2. The Labute approximate surface area is 109 Å². The highest BCUT2D eigenvalue weighted by molar-refractivity contribution is 5.43. The quantitative estimate of drug-likeness (QED) is 0.882. The van der Waals surface area contributed by atoms with Crippen LogP contribution in [-0.4, -0.2) is 9.55 Å². The monoisotopic (exact) mass is 245 g/mol. The molecule has 18 heavy (non-hydrogen) atoms. The molecule has 3 saturated carbocycles. The predicted molar refractivity (Wildman–Crippen MR) is 72.7 cm³/mol. The van der Waals surface area contributed by atoms with Crippen molar-refractivity contribution in [2.24, 2.45) is 0 Å². The van der Waals surface area contributed by atoms with Crippen molar-refractivity contribution in [1.82, 2.24) is 9.55 Å². The number of aromatic nitrogens is 2. The Bertz CT molecular complexity index is 449. The second kappa shape index (κ2) is 4.01. The minimum Gasteiger partial charge on any atom is -0.384 e. The maximum Gasteiger partial charge on any atom is 0.127 e. The van der Waals surface area contributed by atoms with E-state index in [2.05, 4.69) is 4.57 Å². The lowest BCUT2D eigenvalue weighted by Crippen LogP contribution is -2.09. The molecule has 0 amide bonds. The van der Waals surface area contributed by atoms with Crippen LogP contribution >= 0.6 is 0 Å². The SMILES string of the molecule is Nc1c(C2CCCCC2)nc(C2CC2)n1C1CC1. The summed E-state index contributed by atoms with van der Waals surface area (Å²) in [6.45, 7) is 0. The molecule has 4 rings (SSSR count). The van der Waals surface area contributed by atoms with E-state index in [1.807, 2.05) is 0 Å². The molecule has 0 spiro atoms. The molecule has 1 aromatic rings. The molecule has 0 saturated heterocycles. The summed E-state index contributed by atoms with van der Waals surface area (Å²) in [7, 11) is 0. The van der Waals surface area contributed by atoms with E-state index in [4.69, 9.17) is 10.7 Å². The molecule has 3 aliphatic rings. The van der Waals surface area contributed by atoms with Gasteiger partial charge in [-0.2, -0.15) is 0 Å². The molecule has 98 valence electrons.